The van der Waals surface area contributed by atoms with E-state index in [0.717, 1.165) is 6.07 Å². The molecule has 7 nitrogen and oxygen atoms in total. The first-order valence-corrected chi connectivity index (χ1v) is 11.1. The average Bonchev–Trinajstić information content (AvgIpc) is 3.21. The average molecular weight is 478 g/mol. The number of ether oxygens (including phenoxy) is 1. The monoisotopic (exact) mass is 477 g/mol. The zero-order valence-electron chi connectivity index (χ0n) is 18.8. The minimum atomic E-state index is -0.672. The molecule has 2 aromatic heterocycles. The summed E-state index contributed by atoms with van der Waals surface area (Å²) < 4.78 is 32.8. The number of thiazole rings is 1. The van der Waals surface area contributed by atoms with Crippen molar-refractivity contribution in [2.24, 2.45) is 0 Å². The van der Waals surface area contributed by atoms with Crippen LogP contribution in [-0.4, -0.2) is 52.3 Å². The SMILES string of the molecule is CC(C)N1CCn2cc(-c3ncc(Cc4ccc(F)cc4F)s3)c(=O)c(O)c2C1=O.COC. The zero-order valence-corrected chi connectivity index (χ0v) is 19.6. The van der Waals surface area contributed by atoms with Crippen LogP contribution in [0.15, 0.2) is 35.4 Å². The van der Waals surface area contributed by atoms with Crippen LogP contribution in [-0.2, 0) is 17.7 Å². The van der Waals surface area contributed by atoms with Crippen molar-refractivity contribution >= 4 is 17.2 Å². The lowest BCUT2D eigenvalue weighted by atomic mass is 10.1. The number of carbonyl (C=O) groups is 1. The molecule has 0 atom stereocenters. The first kappa shape index (κ1) is 24.5. The van der Waals surface area contributed by atoms with Crippen molar-refractivity contribution in [3.05, 3.63) is 68.6 Å². The number of rotatable bonds is 4. The molecule has 176 valence electrons. The molecule has 0 saturated carbocycles. The molecular formula is C23H25F2N3O4S. The number of halogens is 2. The number of nitrogens with zero attached hydrogens (tertiary/aromatic N) is 3. The molecule has 0 aliphatic carbocycles. The Labute approximate surface area is 193 Å². The van der Waals surface area contributed by atoms with Crippen LogP contribution in [0, 0.1) is 11.6 Å². The topological polar surface area (TPSA) is 84.7 Å². The fraction of sp³-hybridized carbons (Fsp3) is 0.348. The standard InChI is InChI=1S/C21H19F2N3O3S.C2H6O/c1-11(2)26-6-5-25-10-15(18(27)19(28)17(25)21(26)29)20-24-9-14(30-20)7-12-3-4-13(22)8-16(12)23;1-3-2/h3-4,8-11,28H,5-7H2,1-2H3;1-2H3. The maximum atomic E-state index is 13.9. The molecule has 1 aliphatic heterocycles. The van der Waals surface area contributed by atoms with Gasteiger partial charge >= 0.3 is 0 Å². The first-order valence-electron chi connectivity index (χ1n) is 10.2. The number of hydrogen-bond donors (Lipinski definition) is 1. The number of pyridine rings is 1. The van der Waals surface area contributed by atoms with Crippen LogP contribution >= 0.6 is 11.3 Å². The molecule has 1 N–H and O–H groups in total. The summed E-state index contributed by atoms with van der Waals surface area (Å²) in [6, 6.07) is 3.33. The highest BCUT2D eigenvalue weighted by Gasteiger charge is 2.31. The smallest absolute Gasteiger partial charge is 0.274 e. The highest BCUT2D eigenvalue weighted by Crippen LogP contribution is 2.29. The molecule has 3 heterocycles. The summed E-state index contributed by atoms with van der Waals surface area (Å²) in [5, 5.41) is 10.8. The normalized spacial score (nSPS) is 13.1. The van der Waals surface area contributed by atoms with Gasteiger partial charge in [-0.1, -0.05) is 6.07 Å². The molecule has 33 heavy (non-hydrogen) atoms. The largest absolute Gasteiger partial charge is 0.503 e. The number of carbonyl (C=O) groups excluding carboxylic acids is 1. The molecule has 0 bridgehead atoms. The first-order chi connectivity index (χ1) is 15.7. The van der Waals surface area contributed by atoms with Crippen molar-refractivity contribution in [3.63, 3.8) is 0 Å². The Balaban J connectivity index is 0.000000968. The molecule has 3 aromatic rings. The minimum Gasteiger partial charge on any atom is -0.503 e. The second kappa shape index (κ2) is 10.2. The van der Waals surface area contributed by atoms with Gasteiger partial charge in [0.2, 0.25) is 5.43 Å². The van der Waals surface area contributed by atoms with Crippen LogP contribution < -0.4 is 5.43 Å². The van der Waals surface area contributed by atoms with Crippen LogP contribution in [0.4, 0.5) is 8.78 Å². The fourth-order valence-electron chi connectivity index (χ4n) is 3.52. The number of fused-ring (bicyclic) bond motifs is 1. The molecule has 10 heteroatoms. The molecule has 4 rings (SSSR count). The quantitative estimate of drug-likeness (QED) is 0.620. The van der Waals surface area contributed by atoms with Gasteiger partial charge in [-0.15, -0.1) is 11.3 Å². The predicted molar refractivity (Wildman–Crippen MR) is 122 cm³/mol. The van der Waals surface area contributed by atoms with E-state index >= 15 is 0 Å². The lowest BCUT2D eigenvalue weighted by Crippen LogP contribution is -2.45. The van der Waals surface area contributed by atoms with E-state index in [1.807, 2.05) is 13.8 Å². The van der Waals surface area contributed by atoms with Crippen molar-refractivity contribution in [1.29, 1.82) is 0 Å². The second-order valence-electron chi connectivity index (χ2n) is 7.81. The number of aromatic hydroxyl groups is 1. The van der Waals surface area contributed by atoms with Crippen LogP contribution in [0.5, 0.6) is 5.75 Å². The van der Waals surface area contributed by atoms with Crippen molar-refractivity contribution in [2.75, 3.05) is 20.8 Å². The van der Waals surface area contributed by atoms with Crippen molar-refractivity contribution in [2.45, 2.75) is 32.9 Å². The molecule has 0 spiro atoms. The van der Waals surface area contributed by atoms with Gasteiger partial charge in [-0.2, -0.15) is 0 Å². The zero-order chi connectivity index (χ0) is 24.3. The Hall–Kier alpha value is -3.11. The number of amides is 1. The number of methoxy groups -OCH3 is 1. The molecule has 0 saturated heterocycles. The van der Waals surface area contributed by atoms with E-state index in [1.165, 1.54) is 35.9 Å². The maximum Gasteiger partial charge on any atom is 0.274 e. The molecule has 1 aromatic carbocycles. The van der Waals surface area contributed by atoms with Crippen molar-refractivity contribution < 1.29 is 23.4 Å². The van der Waals surface area contributed by atoms with Crippen LogP contribution in [0.3, 0.4) is 0 Å². The predicted octanol–water partition coefficient (Wildman–Crippen LogP) is 3.67. The van der Waals surface area contributed by atoms with E-state index in [-0.39, 0.29) is 29.6 Å². The van der Waals surface area contributed by atoms with Gasteiger partial charge in [0, 0.05) is 63.1 Å². The van der Waals surface area contributed by atoms with Gasteiger partial charge in [0.05, 0.1) is 5.56 Å². The summed E-state index contributed by atoms with van der Waals surface area (Å²) >= 11 is 1.18. The van der Waals surface area contributed by atoms with E-state index in [9.17, 15) is 23.5 Å². The molecule has 1 amide bonds. The number of benzene rings is 1. The van der Waals surface area contributed by atoms with Gasteiger partial charge in [0.25, 0.3) is 5.91 Å². The van der Waals surface area contributed by atoms with Gasteiger partial charge in [-0.25, -0.2) is 13.8 Å². The maximum absolute atomic E-state index is 13.9. The lowest BCUT2D eigenvalue weighted by molar-refractivity contribution is 0.0642. The molecular weight excluding hydrogens is 452 g/mol. The Morgan fingerprint density at radius 1 is 1.21 bits per heavy atom. The Kier molecular flexibility index (Phi) is 7.60. The van der Waals surface area contributed by atoms with Crippen molar-refractivity contribution in [3.8, 4) is 16.3 Å². The Morgan fingerprint density at radius 3 is 2.55 bits per heavy atom. The third-order valence-electron chi connectivity index (χ3n) is 5.09. The summed E-state index contributed by atoms with van der Waals surface area (Å²) in [7, 11) is 3.25. The van der Waals surface area contributed by atoms with Crippen LogP contribution in [0.1, 0.15) is 34.8 Å². The Bertz CT molecular complexity index is 1220. The summed E-state index contributed by atoms with van der Waals surface area (Å²) in [6.45, 7) is 4.66. The molecule has 0 fully saturated rings. The van der Waals surface area contributed by atoms with Crippen LogP contribution in [0.25, 0.3) is 10.6 Å². The highest BCUT2D eigenvalue weighted by molar-refractivity contribution is 7.15. The second-order valence-corrected chi connectivity index (χ2v) is 8.92. The van der Waals surface area contributed by atoms with E-state index in [2.05, 4.69) is 9.72 Å². The van der Waals surface area contributed by atoms with E-state index < -0.39 is 22.8 Å². The number of hydrogen-bond acceptors (Lipinski definition) is 6. The van der Waals surface area contributed by atoms with Crippen LogP contribution in [0.2, 0.25) is 0 Å². The lowest BCUT2D eigenvalue weighted by Gasteiger charge is -2.33. The summed E-state index contributed by atoms with van der Waals surface area (Å²) in [4.78, 5) is 32.0. The third-order valence-corrected chi connectivity index (χ3v) is 6.12. The highest BCUT2D eigenvalue weighted by atomic mass is 32.1. The molecule has 0 radical (unpaired) electrons. The van der Waals surface area contributed by atoms with Gasteiger partial charge < -0.3 is 19.3 Å². The Morgan fingerprint density at radius 2 is 1.91 bits per heavy atom. The van der Waals surface area contributed by atoms with Gasteiger partial charge in [-0.05, 0) is 25.5 Å². The minimum absolute atomic E-state index is 0.0196. The molecule has 0 unspecified atom stereocenters. The van der Waals surface area contributed by atoms with Gasteiger partial charge in [-0.3, -0.25) is 9.59 Å². The molecule has 1 aliphatic rings. The van der Waals surface area contributed by atoms with Gasteiger partial charge in [0.1, 0.15) is 16.6 Å². The van der Waals surface area contributed by atoms with Gasteiger partial charge in [0.15, 0.2) is 11.4 Å². The summed E-state index contributed by atoms with van der Waals surface area (Å²) in [5.41, 5.74) is -0.197. The third kappa shape index (κ3) is 5.12. The fourth-order valence-corrected chi connectivity index (χ4v) is 4.46. The van der Waals surface area contributed by atoms with E-state index in [1.54, 1.807) is 23.7 Å². The summed E-state index contributed by atoms with van der Waals surface area (Å²) in [5.74, 6) is -2.28. The van der Waals surface area contributed by atoms with Crippen molar-refractivity contribution in [1.82, 2.24) is 14.5 Å². The summed E-state index contributed by atoms with van der Waals surface area (Å²) in [6.07, 6.45) is 3.26. The van der Waals surface area contributed by atoms with E-state index in [0.29, 0.717) is 28.5 Å². The number of aromatic nitrogens is 2. The van der Waals surface area contributed by atoms with E-state index in [4.69, 9.17) is 0 Å².